The van der Waals surface area contributed by atoms with E-state index in [2.05, 4.69) is 22.6 Å². The van der Waals surface area contributed by atoms with E-state index in [0.717, 1.165) is 6.42 Å². The molecule has 0 aromatic carbocycles. The van der Waals surface area contributed by atoms with Gasteiger partial charge in [0, 0.05) is 3.92 Å². The molecule has 0 heterocycles. The molecule has 0 fully saturated rings. The zero-order valence-electron chi connectivity index (χ0n) is 4.65. The van der Waals surface area contributed by atoms with Gasteiger partial charge in [0.05, 0.1) is 0 Å². The molecular formula is C5H10IO. The SMILES string of the molecule is CCC([O])C(C)I. The molecule has 7 heavy (non-hydrogen) atoms. The van der Waals surface area contributed by atoms with Crippen molar-refractivity contribution < 1.29 is 5.11 Å². The fraction of sp³-hybridized carbons (Fsp3) is 1.00. The molecule has 2 unspecified atom stereocenters. The summed E-state index contributed by atoms with van der Waals surface area (Å²) in [5.74, 6) is 0. The van der Waals surface area contributed by atoms with Crippen LogP contribution in [0.3, 0.4) is 0 Å². The minimum atomic E-state index is -0.361. The zero-order valence-corrected chi connectivity index (χ0v) is 6.81. The van der Waals surface area contributed by atoms with E-state index in [1.807, 2.05) is 13.8 Å². The zero-order chi connectivity index (χ0) is 5.86. The summed E-state index contributed by atoms with van der Waals surface area (Å²) in [5.41, 5.74) is 0. The lowest BCUT2D eigenvalue weighted by Crippen LogP contribution is -2.12. The van der Waals surface area contributed by atoms with Gasteiger partial charge in [0.1, 0.15) is 6.10 Å². The normalized spacial score (nSPS) is 18.9. The molecule has 0 rings (SSSR count). The minimum Gasteiger partial charge on any atom is -0.232 e. The van der Waals surface area contributed by atoms with E-state index in [1.165, 1.54) is 0 Å². The van der Waals surface area contributed by atoms with Crippen LogP contribution in [0.15, 0.2) is 0 Å². The Morgan fingerprint density at radius 2 is 2.14 bits per heavy atom. The van der Waals surface area contributed by atoms with Crippen LogP contribution < -0.4 is 0 Å². The fourth-order valence-corrected chi connectivity index (χ4v) is 0.833. The average molecular weight is 213 g/mol. The van der Waals surface area contributed by atoms with Gasteiger partial charge in [-0.05, 0) is 6.42 Å². The van der Waals surface area contributed by atoms with Crippen LogP contribution in [0, 0.1) is 0 Å². The van der Waals surface area contributed by atoms with E-state index >= 15 is 0 Å². The first-order valence-corrected chi connectivity index (χ1v) is 3.73. The van der Waals surface area contributed by atoms with Crippen molar-refractivity contribution >= 4 is 22.6 Å². The topological polar surface area (TPSA) is 19.9 Å². The van der Waals surface area contributed by atoms with E-state index < -0.39 is 0 Å². The largest absolute Gasteiger partial charge is 0.232 e. The Morgan fingerprint density at radius 1 is 1.71 bits per heavy atom. The Kier molecular flexibility index (Phi) is 4.02. The van der Waals surface area contributed by atoms with E-state index in [4.69, 9.17) is 0 Å². The van der Waals surface area contributed by atoms with Gasteiger partial charge >= 0.3 is 0 Å². The van der Waals surface area contributed by atoms with Crippen molar-refractivity contribution in [2.24, 2.45) is 0 Å². The predicted molar refractivity (Wildman–Crippen MR) is 38.2 cm³/mol. The molecule has 2 heteroatoms. The molecule has 0 aromatic heterocycles. The molecule has 1 radical (unpaired) electrons. The Labute approximate surface area is 58.3 Å². The quantitative estimate of drug-likeness (QED) is 0.494. The maximum Gasteiger partial charge on any atom is 0.104 e. The van der Waals surface area contributed by atoms with Gasteiger partial charge in [0.15, 0.2) is 0 Å². The van der Waals surface area contributed by atoms with Crippen LogP contribution in [-0.4, -0.2) is 10.0 Å². The molecular weight excluding hydrogens is 203 g/mol. The summed E-state index contributed by atoms with van der Waals surface area (Å²) in [5, 5.41) is 10.6. The van der Waals surface area contributed by atoms with Crippen molar-refractivity contribution in [2.45, 2.75) is 30.3 Å². The highest BCUT2D eigenvalue weighted by molar-refractivity contribution is 14.1. The third-order valence-electron chi connectivity index (χ3n) is 0.915. The van der Waals surface area contributed by atoms with Crippen molar-refractivity contribution in [3.8, 4) is 0 Å². The molecule has 2 atom stereocenters. The summed E-state index contributed by atoms with van der Waals surface area (Å²) in [6.45, 7) is 3.87. The molecule has 0 aliphatic carbocycles. The summed E-state index contributed by atoms with van der Waals surface area (Å²) >= 11 is 2.16. The van der Waals surface area contributed by atoms with Gasteiger partial charge in [0.2, 0.25) is 0 Å². The van der Waals surface area contributed by atoms with Crippen molar-refractivity contribution in [1.29, 1.82) is 0 Å². The van der Waals surface area contributed by atoms with Gasteiger partial charge in [-0.2, -0.15) is 0 Å². The monoisotopic (exact) mass is 213 g/mol. The van der Waals surface area contributed by atoms with Crippen molar-refractivity contribution in [1.82, 2.24) is 0 Å². The lowest BCUT2D eigenvalue weighted by molar-refractivity contribution is 0.0907. The molecule has 0 spiro atoms. The van der Waals surface area contributed by atoms with Crippen LogP contribution in [0.2, 0.25) is 0 Å². The highest BCUT2D eigenvalue weighted by Gasteiger charge is 2.07. The molecule has 43 valence electrons. The van der Waals surface area contributed by atoms with Gasteiger partial charge in [-0.3, -0.25) is 0 Å². The van der Waals surface area contributed by atoms with E-state index in [-0.39, 0.29) is 10.0 Å². The first-order chi connectivity index (χ1) is 3.18. The van der Waals surface area contributed by atoms with Crippen LogP contribution in [-0.2, 0) is 5.11 Å². The predicted octanol–water partition coefficient (Wildman–Crippen LogP) is 2.02. The lowest BCUT2D eigenvalue weighted by atomic mass is 10.2. The third kappa shape index (κ3) is 3.29. The van der Waals surface area contributed by atoms with Crippen LogP contribution in [0.1, 0.15) is 20.3 Å². The lowest BCUT2D eigenvalue weighted by Gasteiger charge is -2.04. The number of halogens is 1. The van der Waals surface area contributed by atoms with Gasteiger partial charge < -0.3 is 0 Å². The highest BCUT2D eigenvalue weighted by Crippen LogP contribution is 2.07. The Bertz CT molecular complexity index is 45.3. The average Bonchev–Trinajstić information content (AvgIpc) is 1.65. The maximum atomic E-state index is 10.6. The molecule has 0 aromatic rings. The van der Waals surface area contributed by atoms with Gasteiger partial charge in [-0.1, -0.05) is 36.4 Å². The minimum absolute atomic E-state index is 0.280. The van der Waals surface area contributed by atoms with Crippen LogP contribution in [0.25, 0.3) is 0 Å². The first kappa shape index (κ1) is 7.69. The van der Waals surface area contributed by atoms with E-state index in [0.29, 0.717) is 0 Å². The van der Waals surface area contributed by atoms with E-state index in [1.54, 1.807) is 0 Å². The molecule has 0 bridgehead atoms. The first-order valence-electron chi connectivity index (χ1n) is 2.48. The van der Waals surface area contributed by atoms with Crippen LogP contribution >= 0.6 is 22.6 Å². The van der Waals surface area contributed by atoms with Crippen molar-refractivity contribution in [3.05, 3.63) is 0 Å². The molecule has 0 aliphatic rings. The molecule has 0 aliphatic heterocycles. The number of rotatable bonds is 2. The number of hydrogen-bond donors (Lipinski definition) is 0. The van der Waals surface area contributed by atoms with Crippen LogP contribution in [0.5, 0.6) is 0 Å². The summed E-state index contributed by atoms with van der Waals surface area (Å²) in [6, 6.07) is 0. The third-order valence-corrected chi connectivity index (χ3v) is 1.72. The molecule has 1 nitrogen and oxygen atoms in total. The summed E-state index contributed by atoms with van der Waals surface area (Å²) in [7, 11) is 0. The highest BCUT2D eigenvalue weighted by atomic mass is 127. The number of hydrogen-bond acceptors (Lipinski definition) is 0. The molecule has 0 saturated carbocycles. The Hall–Kier alpha value is 0.690. The second kappa shape index (κ2) is 3.66. The second-order valence-corrected chi connectivity index (χ2v) is 3.59. The second-order valence-electron chi connectivity index (χ2n) is 1.62. The summed E-state index contributed by atoms with van der Waals surface area (Å²) < 4.78 is 0.280. The summed E-state index contributed by atoms with van der Waals surface area (Å²) in [6.07, 6.45) is 0.394. The molecule has 0 N–H and O–H groups in total. The Balaban J connectivity index is 3.14. The van der Waals surface area contributed by atoms with Crippen molar-refractivity contribution in [2.75, 3.05) is 0 Å². The Morgan fingerprint density at radius 3 is 2.14 bits per heavy atom. The maximum absolute atomic E-state index is 10.6. The van der Waals surface area contributed by atoms with Crippen LogP contribution in [0.4, 0.5) is 0 Å². The molecule has 0 amide bonds. The molecule has 0 saturated heterocycles. The number of alkyl halides is 1. The van der Waals surface area contributed by atoms with E-state index in [9.17, 15) is 5.11 Å². The van der Waals surface area contributed by atoms with Gasteiger partial charge in [0.25, 0.3) is 0 Å². The smallest absolute Gasteiger partial charge is 0.104 e. The standard InChI is InChI=1S/C5H10IO/c1-3-5(7)4(2)6/h4-5H,3H2,1-2H3. The van der Waals surface area contributed by atoms with Gasteiger partial charge in [-0.15, -0.1) is 0 Å². The summed E-state index contributed by atoms with van der Waals surface area (Å²) in [4.78, 5) is 0. The fourth-order valence-electron chi connectivity index (χ4n) is 0.325. The van der Waals surface area contributed by atoms with Crippen molar-refractivity contribution in [3.63, 3.8) is 0 Å². The van der Waals surface area contributed by atoms with Gasteiger partial charge in [-0.25, -0.2) is 5.11 Å².